The fourth-order valence-electron chi connectivity index (χ4n) is 1.68. The molecule has 98 valence electrons. The Bertz CT molecular complexity index is 495. The van der Waals surface area contributed by atoms with Crippen LogP contribution in [0.5, 0.6) is 5.88 Å². The van der Waals surface area contributed by atoms with Gasteiger partial charge in [-0.25, -0.2) is 4.98 Å². The van der Waals surface area contributed by atoms with E-state index in [0.29, 0.717) is 0 Å². The molecule has 2 aromatic heterocycles. The Hall–Kier alpha value is -0.980. The molecule has 0 N–H and O–H groups in total. The molecule has 0 saturated heterocycles. The van der Waals surface area contributed by atoms with Crippen LogP contribution in [-0.4, -0.2) is 28.4 Å². The summed E-state index contributed by atoms with van der Waals surface area (Å²) in [5.74, 6) is 0.736. The predicted molar refractivity (Wildman–Crippen MR) is 75.3 cm³/mol. The Morgan fingerprint density at radius 2 is 2.22 bits per heavy atom. The summed E-state index contributed by atoms with van der Waals surface area (Å²) >= 11 is 3.22. The van der Waals surface area contributed by atoms with E-state index in [1.54, 1.807) is 18.4 Å². The third-order valence-electron chi connectivity index (χ3n) is 2.59. The quantitative estimate of drug-likeness (QED) is 0.817. The lowest BCUT2D eigenvalue weighted by atomic mass is 10.3. The maximum absolute atomic E-state index is 5.22. The van der Waals surface area contributed by atoms with Crippen molar-refractivity contribution in [3.05, 3.63) is 27.0 Å². The van der Waals surface area contributed by atoms with E-state index in [0.717, 1.165) is 36.0 Å². The van der Waals surface area contributed by atoms with Crippen LogP contribution in [-0.2, 0) is 19.5 Å². The minimum Gasteiger partial charge on any atom is -0.480 e. The second-order valence-electron chi connectivity index (χ2n) is 4.10. The molecule has 0 aromatic carbocycles. The summed E-state index contributed by atoms with van der Waals surface area (Å²) in [6, 6.07) is 0. The average molecular weight is 283 g/mol. The lowest BCUT2D eigenvalue weighted by molar-refractivity contribution is 0.308. The zero-order valence-electron chi connectivity index (χ0n) is 10.8. The van der Waals surface area contributed by atoms with Crippen molar-refractivity contribution in [3.63, 3.8) is 0 Å². The number of nitrogens with zero attached hydrogens (tertiary/aromatic N) is 3. The minimum atomic E-state index is 0.736. The van der Waals surface area contributed by atoms with Crippen molar-refractivity contribution < 1.29 is 4.74 Å². The maximum Gasteiger partial charge on any atom is 0.229 e. The topological polar surface area (TPSA) is 38.2 Å². The lowest BCUT2D eigenvalue weighted by Gasteiger charge is -2.14. The molecule has 0 amide bonds. The van der Waals surface area contributed by atoms with Gasteiger partial charge in [0.2, 0.25) is 5.88 Å². The van der Waals surface area contributed by atoms with Crippen LogP contribution >= 0.6 is 22.9 Å². The van der Waals surface area contributed by atoms with E-state index in [1.165, 1.54) is 16.4 Å². The number of hydrogen-bond donors (Lipinski definition) is 0. The molecule has 2 aromatic rings. The molecule has 0 fully saturated rings. The van der Waals surface area contributed by atoms with Crippen molar-refractivity contribution in [1.29, 1.82) is 0 Å². The van der Waals surface area contributed by atoms with E-state index >= 15 is 0 Å². The molecular weight excluding hydrogens is 266 g/mol. The molecule has 0 unspecified atom stereocenters. The van der Waals surface area contributed by atoms with Crippen molar-refractivity contribution in [2.75, 3.05) is 14.2 Å². The zero-order valence-corrected chi connectivity index (χ0v) is 12.5. The molecule has 2 rings (SSSR count). The highest BCUT2D eigenvalue weighted by Gasteiger charge is 2.10. The highest BCUT2D eigenvalue weighted by molar-refractivity contribution is 7.11. The van der Waals surface area contributed by atoms with Crippen LogP contribution in [0.3, 0.4) is 0 Å². The highest BCUT2D eigenvalue weighted by atomic mass is 32.1. The number of aromatic nitrogens is 2. The van der Waals surface area contributed by atoms with Crippen LogP contribution in [0.4, 0.5) is 0 Å². The number of thiazole rings is 1. The first-order chi connectivity index (χ1) is 8.72. The molecule has 0 spiro atoms. The number of methoxy groups -OCH3 is 1. The van der Waals surface area contributed by atoms with Crippen molar-refractivity contribution in [1.82, 2.24) is 14.3 Å². The van der Waals surface area contributed by atoms with Gasteiger partial charge in [-0.1, -0.05) is 6.92 Å². The van der Waals surface area contributed by atoms with Crippen molar-refractivity contribution in [3.8, 4) is 5.88 Å². The summed E-state index contributed by atoms with van der Waals surface area (Å²) in [6.07, 6.45) is 3.03. The van der Waals surface area contributed by atoms with Gasteiger partial charge >= 0.3 is 0 Å². The van der Waals surface area contributed by atoms with Gasteiger partial charge in [-0.2, -0.15) is 4.37 Å². The fourth-order valence-corrected chi connectivity index (χ4v) is 3.27. The van der Waals surface area contributed by atoms with E-state index in [2.05, 4.69) is 28.2 Å². The first-order valence-corrected chi connectivity index (χ1v) is 7.47. The van der Waals surface area contributed by atoms with Gasteiger partial charge < -0.3 is 4.74 Å². The van der Waals surface area contributed by atoms with Crippen molar-refractivity contribution in [2.24, 2.45) is 0 Å². The fraction of sp³-hybridized carbons (Fsp3) is 0.500. The van der Waals surface area contributed by atoms with Crippen LogP contribution in [0.2, 0.25) is 0 Å². The summed E-state index contributed by atoms with van der Waals surface area (Å²) in [4.78, 5) is 8.00. The van der Waals surface area contributed by atoms with Gasteiger partial charge in [0.15, 0.2) is 0 Å². The number of aryl methyl sites for hydroxylation is 1. The Balaban J connectivity index is 1.94. The maximum atomic E-state index is 5.22. The van der Waals surface area contributed by atoms with Gasteiger partial charge in [0, 0.05) is 28.6 Å². The summed E-state index contributed by atoms with van der Waals surface area (Å²) < 4.78 is 9.41. The third kappa shape index (κ3) is 3.28. The Kier molecular flexibility index (Phi) is 4.68. The van der Waals surface area contributed by atoms with E-state index in [1.807, 2.05) is 11.6 Å². The van der Waals surface area contributed by atoms with E-state index in [9.17, 15) is 0 Å². The first kappa shape index (κ1) is 13.5. The molecule has 0 atom stereocenters. The number of hydrogen-bond acceptors (Lipinski definition) is 6. The number of rotatable bonds is 6. The molecule has 0 saturated carbocycles. The van der Waals surface area contributed by atoms with Gasteiger partial charge in [-0.05, 0) is 25.0 Å². The molecule has 0 aliphatic heterocycles. The van der Waals surface area contributed by atoms with Crippen molar-refractivity contribution >= 4 is 22.9 Å². The molecule has 4 nitrogen and oxygen atoms in total. The standard InChI is InChI=1S/C12H17N3OS2/c1-4-10-5-13-11(18-10)7-15(2)6-9-8-17-14-12(9)16-3/h5,8H,4,6-7H2,1-3H3. The minimum absolute atomic E-state index is 0.736. The highest BCUT2D eigenvalue weighted by Crippen LogP contribution is 2.21. The SMILES string of the molecule is CCc1cnc(CN(C)Cc2csnc2OC)s1. The van der Waals surface area contributed by atoms with E-state index in [-0.39, 0.29) is 0 Å². The van der Waals surface area contributed by atoms with Gasteiger partial charge in [0.1, 0.15) is 5.01 Å². The Labute approximate surface area is 115 Å². The smallest absolute Gasteiger partial charge is 0.229 e. The molecule has 0 aliphatic carbocycles. The second-order valence-corrected chi connectivity index (χ2v) is 5.92. The summed E-state index contributed by atoms with van der Waals surface area (Å²) in [5, 5.41) is 3.20. The zero-order chi connectivity index (χ0) is 13.0. The van der Waals surface area contributed by atoms with E-state index in [4.69, 9.17) is 4.74 Å². The molecule has 0 bridgehead atoms. The second kappa shape index (κ2) is 6.26. The van der Waals surface area contributed by atoms with Crippen LogP contribution in [0.1, 0.15) is 22.4 Å². The molecule has 18 heavy (non-hydrogen) atoms. The summed E-state index contributed by atoms with van der Waals surface area (Å²) in [6.45, 7) is 3.85. The molecule has 0 aliphatic rings. The molecule has 0 radical (unpaired) electrons. The summed E-state index contributed by atoms with van der Waals surface area (Å²) in [7, 11) is 3.75. The van der Waals surface area contributed by atoms with Gasteiger partial charge in [-0.3, -0.25) is 4.90 Å². The largest absolute Gasteiger partial charge is 0.480 e. The normalized spacial score (nSPS) is 11.1. The first-order valence-electron chi connectivity index (χ1n) is 5.82. The lowest BCUT2D eigenvalue weighted by Crippen LogP contribution is -2.17. The van der Waals surface area contributed by atoms with Crippen LogP contribution in [0, 0.1) is 0 Å². The van der Waals surface area contributed by atoms with Gasteiger partial charge in [-0.15, -0.1) is 11.3 Å². The Morgan fingerprint density at radius 3 is 2.89 bits per heavy atom. The molecule has 6 heteroatoms. The van der Waals surface area contributed by atoms with E-state index < -0.39 is 0 Å². The average Bonchev–Trinajstić information content (AvgIpc) is 2.97. The third-order valence-corrected chi connectivity index (χ3v) is 4.38. The monoisotopic (exact) mass is 283 g/mol. The van der Waals surface area contributed by atoms with Crippen molar-refractivity contribution in [2.45, 2.75) is 26.4 Å². The van der Waals surface area contributed by atoms with Crippen LogP contribution in [0.25, 0.3) is 0 Å². The Morgan fingerprint density at radius 1 is 1.39 bits per heavy atom. The summed E-state index contributed by atoms with van der Waals surface area (Å²) in [5.41, 5.74) is 1.14. The van der Waals surface area contributed by atoms with Crippen LogP contribution in [0.15, 0.2) is 11.6 Å². The molecule has 2 heterocycles. The molecular formula is C12H17N3OS2. The predicted octanol–water partition coefficient (Wildman–Crippen LogP) is 2.80. The van der Waals surface area contributed by atoms with Crippen LogP contribution < -0.4 is 4.74 Å². The van der Waals surface area contributed by atoms with Gasteiger partial charge in [0.25, 0.3) is 0 Å². The van der Waals surface area contributed by atoms with Gasteiger partial charge in [0.05, 0.1) is 13.7 Å². The number of ether oxygens (including phenoxy) is 1.